The van der Waals surface area contributed by atoms with Crippen LogP contribution in [0.1, 0.15) is 28.7 Å². The normalized spacial score (nSPS) is 18.8. The van der Waals surface area contributed by atoms with E-state index in [4.69, 9.17) is 8.83 Å². The number of aliphatic hydroxyl groups is 1. The molecule has 0 radical (unpaired) electrons. The van der Waals surface area contributed by atoms with Crippen molar-refractivity contribution in [2.75, 3.05) is 0 Å². The summed E-state index contributed by atoms with van der Waals surface area (Å²) >= 11 is 0. The van der Waals surface area contributed by atoms with Crippen LogP contribution in [0.25, 0.3) is 5.76 Å². The van der Waals surface area contributed by atoms with Crippen LogP contribution < -0.4 is 0 Å². The molecular formula is C21H16FNO5. The molecule has 1 aliphatic rings. The number of nitrogens with zero attached hydrogens (tertiary/aromatic N) is 1. The van der Waals surface area contributed by atoms with Crippen molar-refractivity contribution >= 4 is 17.4 Å². The molecule has 0 aliphatic carbocycles. The zero-order valence-electron chi connectivity index (χ0n) is 14.9. The molecule has 1 amide bonds. The Hall–Kier alpha value is -3.61. The van der Waals surface area contributed by atoms with Gasteiger partial charge in [-0.05, 0) is 42.8 Å². The van der Waals surface area contributed by atoms with Gasteiger partial charge in [0.25, 0.3) is 11.7 Å². The summed E-state index contributed by atoms with van der Waals surface area (Å²) in [6, 6.07) is 9.73. The van der Waals surface area contributed by atoms with Gasteiger partial charge in [-0.15, -0.1) is 0 Å². The smallest absolute Gasteiger partial charge is 0.296 e. The van der Waals surface area contributed by atoms with Gasteiger partial charge in [0.1, 0.15) is 29.1 Å². The monoisotopic (exact) mass is 381 g/mol. The van der Waals surface area contributed by atoms with Gasteiger partial charge >= 0.3 is 0 Å². The van der Waals surface area contributed by atoms with Crippen LogP contribution in [0.15, 0.2) is 69.4 Å². The number of ketones is 1. The maximum Gasteiger partial charge on any atom is 0.296 e. The Kier molecular flexibility index (Phi) is 4.35. The number of amides is 1. The molecule has 0 unspecified atom stereocenters. The Morgan fingerprint density at radius 2 is 1.89 bits per heavy atom. The quantitative estimate of drug-likeness (QED) is 0.420. The molecule has 28 heavy (non-hydrogen) atoms. The van der Waals surface area contributed by atoms with Crippen LogP contribution >= 0.6 is 0 Å². The second kappa shape index (κ2) is 6.84. The lowest BCUT2D eigenvalue weighted by Gasteiger charge is -2.22. The highest BCUT2D eigenvalue weighted by Gasteiger charge is 2.47. The van der Waals surface area contributed by atoms with Crippen LogP contribution in [0.3, 0.4) is 0 Å². The first kappa shape index (κ1) is 17.8. The van der Waals surface area contributed by atoms with E-state index in [2.05, 4.69) is 0 Å². The van der Waals surface area contributed by atoms with Crippen molar-refractivity contribution in [3.8, 4) is 0 Å². The predicted molar refractivity (Wildman–Crippen MR) is 96.4 cm³/mol. The van der Waals surface area contributed by atoms with Crippen LogP contribution in [0.4, 0.5) is 4.39 Å². The number of Topliss-reactive ketones (excluding diaryl/α,β-unsaturated/α-hetero) is 1. The zero-order valence-corrected chi connectivity index (χ0v) is 14.9. The number of hydrogen-bond donors (Lipinski definition) is 1. The summed E-state index contributed by atoms with van der Waals surface area (Å²) in [5.41, 5.74) is 0.350. The van der Waals surface area contributed by atoms with Gasteiger partial charge in [0, 0.05) is 5.56 Å². The third-order valence-corrected chi connectivity index (χ3v) is 4.70. The summed E-state index contributed by atoms with van der Waals surface area (Å²) < 4.78 is 24.7. The Labute approximate surface area is 159 Å². The fourth-order valence-electron chi connectivity index (χ4n) is 3.25. The first-order valence-electron chi connectivity index (χ1n) is 8.58. The summed E-state index contributed by atoms with van der Waals surface area (Å²) in [5.74, 6) is -1.87. The average Bonchev–Trinajstić information content (AvgIpc) is 3.42. The Morgan fingerprint density at radius 3 is 2.54 bits per heavy atom. The van der Waals surface area contributed by atoms with E-state index >= 15 is 0 Å². The molecule has 0 saturated carbocycles. The molecule has 4 rings (SSSR count). The van der Waals surface area contributed by atoms with E-state index < -0.39 is 29.3 Å². The van der Waals surface area contributed by atoms with Crippen molar-refractivity contribution < 1.29 is 27.9 Å². The molecule has 6 nitrogen and oxygen atoms in total. The number of benzene rings is 1. The van der Waals surface area contributed by atoms with Crippen LogP contribution in [0, 0.1) is 12.7 Å². The molecule has 1 atom stereocenters. The molecule has 1 aliphatic heterocycles. The van der Waals surface area contributed by atoms with E-state index in [0.29, 0.717) is 17.1 Å². The predicted octanol–water partition coefficient (Wildman–Crippen LogP) is 3.94. The van der Waals surface area contributed by atoms with Gasteiger partial charge in [-0.25, -0.2) is 4.39 Å². The second-order valence-electron chi connectivity index (χ2n) is 6.49. The number of halogens is 1. The molecule has 0 spiro atoms. The number of aliphatic hydroxyl groups excluding tert-OH is 1. The van der Waals surface area contributed by atoms with Crippen LogP contribution in [-0.2, 0) is 16.1 Å². The molecule has 0 bridgehead atoms. The van der Waals surface area contributed by atoms with E-state index in [1.165, 1.54) is 29.6 Å². The van der Waals surface area contributed by atoms with Gasteiger partial charge in [0.2, 0.25) is 0 Å². The van der Waals surface area contributed by atoms with Gasteiger partial charge in [-0.3, -0.25) is 9.59 Å². The molecular weight excluding hydrogens is 365 g/mol. The standard InChI is InChI=1S/C21H16FNO5/c1-12-6-7-13(10-15(12)22)19(24)17-18(16-5-3-9-28-16)23(21(26)20(17)25)11-14-4-2-8-27-14/h2-10,18,24H,11H2,1H3/t18-/m0/s1. The zero-order chi connectivity index (χ0) is 19.8. The number of carbonyl (C=O) groups is 2. The topological polar surface area (TPSA) is 83.9 Å². The number of carbonyl (C=O) groups excluding carboxylic acids is 2. The molecule has 7 heteroatoms. The fourth-order valence-corrected chi connectivity index (χ4v) is 3.25. The number of furan rings is 2. The van der Waals surface area contributed by atoms with Crippen molar-refractivity contribution in [3.63, 3.8) is 0 Å². The highest BCUT2D eigenvalue weighted by atomic mass is 19.1. The van der Waals surface area contributed by atoms with Gasteiger partial charge in [0.05, 0.1) is 24.6 Å². The van der Waals surface area contributed by atoms with Crippen LogP contribution in [0.2, 0.25) is 0 Å². The van der Waals surface area contributed by atoms with Crippen molar-refractivity contribution in [1.29, 1.82) is 0 Å². The van der Waals surface area contributed by atoms with Gasteiger partial charge in [-0.2, -0.15) is 0 Å². The summed E-state index contributed by atoms with van der Waals surface area (Å²) in [6.07, 6.45) is 2.87. The summed E-state index contributed by atoms with van der Waals surface area (Å²) in [6.45, 7) is 1.60. The summed E-state index contributed by atoms with van der Waals surface area (Å²) in [5, 5.41) is 10.8. The van der Waals surface area contributed by atoms with E-state index in [1.807, 2.05) is 0 Å². The van der Waals surface area contributed by atoms with Crippen molar-refractivity contribution in [2.45, 2.75) is 19.5 Å². The Bertz CT molecular complexity index is 1070. The van der Waals surface area contributed by atoms with E-state index in [-0.39, 0.29) is 17.7 Å². The average molecular weight is 381 g/mol. The summed E-state index contributed by atoms with van der Waals surface area (Å²) in [4.78, 5) is 26.7. The Morgan fingerprint density at radius 1 is 1.14 bits per heavy atom. The van der Waals surface area contributed by atoms with Crippen molar-refractivity contribution in [3.05, 3.63) is 89.0 Å². The molecule has 3 aromatic rings. The third kappa shape index (κ3) is 2.90. The second-order valence-corrected chi connectivity index (χ2v) is 6.49. The van der Waals surface area contributed by atoms with Crippen LogP contribution in [-0.4, -0.2) is 21.7 Å². The molecule has 142 valence electrons. The van der Waals surface area contributed by atoms with Crippen molar-refractivity contribution in [2.24, 2.45) is 0 Å². The highest BCUT2D eigenvalue weighted by molar-refractivity contribution is 6.46. The molecule has 1 saturated heterocycles. The first-order chi connectivity index (χ1) is 13.5. The van der Waals surface area contributed by atoms with E-state index in [1.54, 1.807) is 31.2 Å². The van der Waals surface area contributed by atoms with Gasteiger partial charge in [0.15, 0.2) is 0 Å². The SMILES string of the molecule is Cc1ccc(C(O)=C2C(=O)C(=O)N(Cc3ccco3)[C@H]2c2ccco2)cc1F. The molecule has 3 heterocycles. The lowest BCUT2D eigenvalue weighted by Crippen LogP contribution is -2.28. The highest BCUT2D eigenvalue weighted by Crippen LogP contribution is 2.40. The molecule has 1 N–H and O–H groups in total. The van der Waals surface area contributed by atoms with E-state index in [0.717, 1.165) is 6.07 Å². The minimum Gasteiger partial charge on any atom is -0.507 e. The maximum atomic E-state index is 14.0. The van der Waals surface area contributed by atoms with Gasteiger partial charge < -0.3 is 18.8 Å². The summed E-state index contributed by atoms with van der Waals surface area (Å²) in [7, 11) is 0. The third-order valence-electron chi connectivity index (χ3n) is 4.70. The van der Waals surface area contributed by atoms with Crippen LogP contribution in [0.5, 0.6) is 0 Å². The maximum absolute atomic E-state index is 14.0. The fraction of sp³-hybridized carbons (Fsp3) is 0.143. The molecule has 1 fully saturated rings. The van der Waals surface area contributed by atoms with Gasteiger partial charge in [-0.1, -0.05) is 12.1 Å². The first-order valence-corrected chi connectivity index (χ1v) is 8.58. The lowest BCUT2D eigenvalue weighted by atomic mass is 9.98. The lowest BCUT2D eigenvalue weighted by molar-refractivity contribution is -0.140. The minimum atomic E-state index is -0.954. The number of rotatable bonds is 4. The van der Waals surface area contributed by atoms with E-state index in [9.17, 15) is 19.1 Å². The molecule has 2 aromatic heterocycles. The number of hydrogen-bond acceptors (Lipinski definition) is 5. The Balaban J connectivity index is 1.85. The number of likely N-dealkylation sites (tertiary alicyclic amines) is 1. The van der Waals surface area contributed by atoms with Crippen molar-refractivity contribution in [1.82, 2.24) is 4.90 Å². The minimum absolute atomic E-state index is 0.0159. The largest absolute Gasteiger partial charge is 0.507 e. The number of aryl methyl sites for hydroxylation is 1. The molecule has 1 aromatic carbocycles.